The topological polar surface area (TPSA) is 67.8 Å². The molecule has 9 heteroatoms. The molecule has 2 N–H and O–H groups in total. The summed E-state index contributed by atoms with van der Waals surface area (Å²) in [4.78, 5) is 12.1. The van der Waals surface area contributed by atoms with Crippen molar-refractivity contribution in [2.24, 2.45) is 0 Å². The SMILES string of the molecule is CC(C)(C)OC(=O)Nc1ccc(Cl)cc1C(O)c1cccc(OC(F)F)c1Cl. The van der Waals surface area contributed by atoms with Crippen molar-refractivity contribution in [3.05, 3.63) is 57.6 Å². The highest BCUT2D eigenvalue weighted by Crippen LogP contribution is 2.38. The van der Waals surface area contributed by atoms with Gasteiger partial charge in [-0.2, -0.15) is 8.78 Å². The minimum atomic E-state index is -3.07. The second-order valence-corrected chi connectivity index (χ2v) is 7.61. The van der Waals surface area contributed by atoms with Crippen LogP contribution in [0.1, 0.15) is 38.0 Å². The molecule has 0 aliphatic heterocycles. The Kier molecular flexibility index (Phi) is 7.09. The number of carbonyl (C=O) groups excluding carboxylic acids is 1. The number of hydrogen-bond acceptors (Lipinski definition) is 4. The van der Waals surface area contributed by atoms with Crippen molar-refractivity contribution >= 4 is 35.0 Å². The molecule has 0 heterocycles. The molecule has 2 rings (SSSR count). The summed E-state index contributed by atoms with van der Waals surface area (Å²) in [6.07, 6.45) is -2.11. The van der Waals surface area contributed by atoms with Crippen LogP contribution in [0.2, 0.25) is 10.0 Å². The number of halogens is 4. The average Bonchev–Trinajstić information content (AvgIpc) is 2.55. The van der Waals surface area contributed by atoms with Crippen LogP contribution in [0.3, 0.4) is 0 Å². The van der Waals surface area contributed by atoms with Gasteiger partial charge in [0, 0.05) is 16.1 Å². The molecule has 0 aromatic heterocycles. The highest BCUT2D eigenvalue weighted by molar-refractivity contribution is 6.33. The lowest BCUT2D eigenvalue weighted by atomic mass is 9.99. The van der Waals surface area contributed by atoms with Crippen molar-refractivity contribution in [1.82, 2.24) is 0 Å². The van der Waals surface area contributed by atoms with Crippen LogP contribution in [0.5, 0.6) is 5.75 Å². The van der Waals surface area contributed by atoms with Crippen molar-refractivity contribution in [3.63, 3.8) is 0 Å². The number of carbonyl (C=O) groups is 1. The first kappa shape index (κ1) is 22.2. The summed E-state index contributed by atoms with van der Waals surface area (Å²) in [5.41, 5.74) is -0.189. The van der Waals surface area contributed by atoms with Crippen molar-refractivity contribution in [3.8, 4) is 5.75 Å². The number of rotatable bonds is 5. The number of aliphatic hydroxyl groups excluding tert-OH is 1. The van der Waals surface area contributed by atoms with Gasteiger partial charge in [0.05, 0.1) is 10.7 Å². The second-order valence-electron chi connectivity index (χ2n) is 6.80. The van der Waals surface area contributed by atoms with E-state index in [1.54, 1.807) is 20.8 Å². The smallest absolute Gasteiger partial charge is 0.412 e. The van der Waals surface area contributed by atoms with E-state index in [9.17, 15) is 18.7 Å². The molecule has 0 aliphatic carbocycles. The van der Waals surface area contributed by atoms with Crippen LogP contribution in [0, 0.1) is 0 Å². The fraction of sp³-hybridized carbons (Fsp3) is 0.316. The molecule has 2 aromatic rings. The Labute approximate surface area is 171 Å². The van der Waals surface area contributed by atoms with Gasteiger partial charge in [-0.1, -0.05) is 35.3 Å². The molecule has 5 nitrogen and oxygen atoms in total. The molecule has 0 saturated heterocycles. The molecule has 0 saturated carbocycles. The number of aliphatic hydroxyl groups is 1. The zero-order valence-corrected chi connectivity index (χ0v) is 16.8. The Morgan fingerprint density at radius 3 is 2.43 bits per heavy atom. The molecule has 0 fully saturated rings. The molecular weight excluding hydrogens is 415 g/mol. The summed E-state index contributed by atoms with van der Waals surface area (Å²) in [5, 5.41) is 13.5. The van der Waals surface area contributed by atoms with Gasteiger partial charge >= 0.3 is 12.7 Å². The molecule has 0 spiro atoms. The first-order valence-corrected chi connectivity index (χ1v) is 8.94. The third-order valence-electron chi connectivity index (χ3n) is 3.45. The summed E-state index contributed by atoms with van der Waals surface area (Å²) in [7, 11) is 0. The van der Waals surface area contributed by atoms with Crippen molar-refractivity contribution < 1.29 is 28.2 Å². The number of hydrogen-bond donors (Lipinski definition) is 2. The monoisotopic (exact) mass is 433 g/mol. The molecule has 1 amide bonds. The molecule has 28 heavy (non-hydrogen) atoms. The molecular formula is C19H19Cl2F2NO4. The maximum absolute atomic E-state index is 12.5. The lowest BCUT2D eigenvalue weighted by Gasteiger charge is -2.22. The van der Waals surface area contributed by atoms with Crippen LogP contribution in [0.25, 0.3) is 0 Å². The standard InChI is InChI=1S/C19H19Cl2F2NO4/c1-19(2,3)28-18(26)24-13-8-7-10(20)9-12(13)16(25)11-5-4-6-14(15(11)21)27-17(22)23/h4-9,16-17,25H,1-3H3,(H,24,26). The van der Waals surface area contributed by atoms with E-state index in [0.717, 1.165) is 0 Å². The first-order chi connectivity index (χ1) is 13.0. The first-order valence-electron chi connectivity index (χ1n) is 8.18. The van der Waals surface area contributed by atoms with Crippen LogP contribution >= 0.6 is 23.2 Å². The van der Waals surface area contributed by atoms with Gasteiger partial charge in [-0.3, -0.25) is 5.32 Å². The summed E-state index contributed by atoms with van der Waals surface area (Å²) >= 11 is 12.1. The quantitative estimate of drug-likeness (QED) is 0.604. The third-order valence-corrected chi connectivity index (χ3v) is 4.09. The molecule has 0 radical (unpaired) electrons. The lowest BCUT2D eigenvalue weighted by Crippen LogP contribution is -2.27. The number of anilines is 1. The van der Waals surface area contributed by atoms with Crippen LogP contribution in [-0.2, 0) is 4.74 Å². The molecule has 152 valence electrons. The summed E-state index contributed by atoms with van der Waals surface area (Å²) in [5.74, 6) is -0.281. The second kappa shape index (κ2) is 8.94. The van der Waals surface area contributed by atoms with Crippen molar-refractivity contribution in [2.75, 3.05) is 5.32 Å². The summed E-state index contributed by atoms with van der Waals surface area (Å²) in [6.45, 7) is 2.05. The number of nitrogens with one attached hydrogen (secondary N) is 1. The number of alkyl halides is 2. The van der Waals surface area contributed by atoms with Crippen LogP contribution < -0.4 is 10.1 Å². The van der Waals surface area contributed by atoms with E-state index in [4.69, 9.17) is 27.9 Å². The van der Waals surface area contributed by atoms with Gasteiger partial charge in [0.2, 0.25) is 0 Å². The summed E-state index contributed by atoms with van der Waals surface area (Å²) < 4.78 is 34.6. The Hall–Kier alpha value is -2.09. The van der Waals surface area contributed by atoms with E-state index in [0.29, 0.717) is 5.02 Å². The Morgan fingerprint density at radius 2 is 1.82 bits per heavy atom. The predicted molar refractivity (Wildman–Crippen MR) is 103 cm³/mol. The maximum atomic E-state index is 12.5. The van der Waals surface area contributed by atoms with E-state index < -0.39 is 24.4 Å². The summed E-state index contributed by atoms with van der Waals surface area (Å²) in [6, 6.07) is 8.54. The predicted octanol–water partition coefficient (Wildman–Crippen LogP) is 6.02. The Balaban J connectivity index is 2.39. The van der Waals surface area contributed by atoms with E-state index in [1.807, 2.05) is 0 Å². The fourth-order valence-electron chi connectivity index (χ4n) is 2.38. The minimum Gasteiger partial charge on any atom is -0.444 e. The average molecular weight is 434 g/mol. The van der Waals surface area contributed by atoms with Gasteiger partial charge in [-0.25, -0.2) is 4.79 Å². The highest BCUT2D eigenvalue weighted by atomic mass is 35.5. The van der Waals surface area contributed by atoms with Gasteiger partial charge in [0.25, 0.3) is 0 Å². The Morgan fingerprint density at radius 1 is 1.14 bits per heavy atom. The van der Waals surface area contributed by atoms with Crippen LogP contribution in [-0.4, -0.2) is 23.4 Å². The maximum Gasteiger partial charge on any atom is 0.412 e. The highest BCUT2D eigenvalue weighted by Gasteiger charge is 2.23. The van der Waals surface area contributed by atoms with E-state index in [-0.39, 0.29) is 27.6 Å². The van der Waals surface area contributed by atoms with Crippen LogP contribution in [0.15, 0.2) is 36.4 Å². The van der Waals surface area contributed by atoms with E-state index >= 15 is 0 Å². The third kappa shape index (κ3) is 5.95. The number of benzene rings is 2. The minimum absolute atomic E-state index is 0.106. The van der Waals surface area contributed by atoms with Gasteiger partial charge in [-0.15, -0.1) is 0 Å². The van der Waals surface area contributed by atoms with Gasteiger partial charge in [0.1, 0.15) is 17.5 Å². The number of ether oxygens (including phenoxy) is 2. The van der Waals surface area contributed by atoms with Crippen molar-refractivity contribution in [1.29, 1.82) is 0 Å². The number of amides is 1. The Bertz CT molecular complexity index is 856. The van der Waals surface area contributed by atoms with Gasteiger partial charge in [-0.05, 0) is 45.0 Å². The van der Waals surface area contributed by atoms with Gasteiger partial charge in [0.15, 0.2) is 0 Å². The zero-order chi connectivity index (χ0) is 21.1. The largest absolute Gasteiger partial charge is 0.444 e. The van der Waals surface area contributed by atoms with E-state index in [1.165, 1.54) is 36.4 Å². The fourth-order valence-corrected chi connectivity index (χ4v) is 2.84. The normalized spacial score (nSPS) is 12.6. The van der Waals surface area contributed by atoms with Gasteiger partial charge < -0.3 is 14.6 Å². The molecule has 0 aliphatic rings. The van der Waals surface area contributed by atoms with E-state index in [2.05, 4.69) is 10.1 Å². The molecule has 0 bridgehead atoms. The molecule has 1 unspecified atom stereocenters. The molecule has 1 atom stereocenters. The zero-order valence-electron chi connectivity index (χ0n) is 15.3. The van der Waals surface area contributed by atoms with Crippen molar-refractivity contribution in [2.45, 2.75) is 39.1 Å². The van der Waals surface area contributed by atoms with Crippen LogP contribution in [0.4, 0.5) is 19.3 Å². The lowest BCUT2D eigenvalue weighted by molar-refractivity contribution is -0.0499. The molecule has 2 aromatic carbocycles.